The molecule has 1 heterocycles. The fourth-order valence-corrected chi connectivity index (χ4v) is 1.59. The first kappa shape index (κ1) is 13.5. The predicted octanol–water partition coefficient (Wildman–Crippen LogP) is 1.83. The summed E-state index contributed by atoms with van der Waals surface area (Å²) in [6.07, 6.45) is 0.825. The average molecular weight is 281 g/mol. The van der Waals surface area contributed by atoms with E-state index in [9.17, 15) is 0 Å². The van der Waals surface area contributed by atoms with Gasteiger partial charge in [0.2, 0.25) is 5.28 Å². The lowest BCUT2D eigenvalue weighted by Gasteiger charge is -2.06. The molecule has 0 saturated carbocycles. The molecule has 2 N–H and O–H groups in total. The van der Waals surface area contributed by atoms with E-state index >= 15 is 0 Å². The van der Waals surface area contributed by atoms with Crippen LogP contribution in [-0.2, 0) is 6.42 Å². The lowest BCUT2D eigenvalue weighted by molar-refractivity contribution is 0.359. The zero-order valence-corrected chi connectivity index (χ0v) is 11.1. The molecule has 1 aromatic heterocycles. The first-order valence-electron chi connectivity index (χ1n) is 5.63. The molecule has 6 nitrogen and oxygen atoms in total. The van der Waals surface area contributed by atoms with E-state index in [1.54, 1.807) is 0 Å². The van der Waals surface area contributed by atoms with Gasteiger partial charge in [0, 0.05) is 0 Å². The maximum absolute atomic E-state index is 5.73. The van der Waals surface area contributed by atoms with E-state index in [2.05, 4.69) is 15.0 Å². The molecule has 0 fully saturated rings. The average Bonchev–Trinajstić information content (AvgIpc) is 2.40. The minimum absolute atomic E-state index is 0.0154. The number of rotatable bonds is 5. The van der Waals surface area contributed by atoms with E-state index in [4.69, 9.17) is 26.8 Å². The summed E-state index contributed by atoms with van der Waals surface area (Å²) >= 11 is 5.73. The second kappa shape index (κ2) is 6.31. The van der Waals surface area contributed by atoms with Gasteiger partial charge in [0.05, 0.1) is 7.11 Å². The smallest absolute Gasteiger partial charge is 0.329 e. The van der Waals surface area contributed by atoms with Crippen molar-refractivity contribution in [1.29, 1.82) is 0 Å². The van der Waals surface area contributed by atoms with Crippen LogP contribution in [0.1, 0.15) is 5.56 Å². The van der Waals surface area contributed by atoms with Gasteiger partial charge in [-0.2, -0.15) is 9.97 Å². The second-order valence-electron chi connectivity index (χ2n) is 3.66. The third-order valence-electron chi connectivity index (χ3n) is 2.32. The Balaban J connectivity index is 2.14. The first-order valence-corrected chi connectivity index (χ1v) is 6.01. The minimum Gasteiger partial charge on any atom is -0.467 e. The number of methoxy groups -OCH3 is 1. The first-order chi connectivity index (χ1) is 9.21. The van der Waals surface area contributed by atoms with Crippen LogP contribution in [0.4, 0.5) is 0 Å². The van der Waals surface area contributed by atoms with Gasteiger partial charge < -0.3 is 15.2 Å². The van der Waals surface area contributed by atoms with Crippen molar-refractivity contribution in [1.82, 2.24) is 15.0 Å². The number of hydrogen-bond donors (Lipinski definition) is 1. The number of ether oxygens (including phenoxy) is 2. The summed E-state index contributed by atoms with van der Waals surface area (Å²) in [5.41, 5.74) is 6.62. The Labute approximate surface area is 115 Å². The van der Waals surface area contributed by atoms with E-state index in [1.807, 2.05) is 24.3 Å². The lowest BCUT2D eigenvalue weighted by Crippen LogP contribution is -2.02. The molecule has 0 spiro atoms. The molecule has 100 valence electrons. The van der Waals surface area contributed by atoms with Crippen LogP contribution in [0, 0.1) is 0 Å². The van der Waals surface area contributed by atoms with E-state index in [0.717, 1.165) is 12.0 Å². The van der Waals surface area contributed by atoms with E-state index in [1.165, 1.54) is 7.11 Å². The van der Waals surface area contributed by atoms with Crippen molar-refractivity contribution in [3.8, 4) is 17.8 Å². The monoisotopic (exact) mass is 280 g/mol. The SMILES string of the molecule is COc1nc(Cl)nc(Oc2ccc(CCN)cc2)n1. The molecule has 0 radical (unpaired) electrons. The van der Waals surface area contributed by atoms with Crippen LogP contribution in [0.2, 0.25) is 5.28 Å². The number of halogens is 1. The summed E-state index contributed by atoms with van der Waals surface area (Å²) < 4.78 is 10.4. The number of aromatic nitrogens is 3. The molecular formula is C12H13ClN4O2. The number of nitrogens with two attached hydrogens (primary N) is 1. The van der Waals surface area contributed by atoms with Crippen molar-refractivity contribution < 1.29 is 9.47 Å². The van der Waals surface area contributed by atoms with Gasteiger partial charge in [-0.05, 0) is 42.3 Å². The summed E-state index contributed by atoms with van der Waals surface area (Å²) in [7, 11) is 1.44. The van der Waals surface area contributed by atoms with Gasteiger partial charge in [-0.3, -0.25) is 0 Å². The van der Waals surface area contributed by atoms with Gasteiger partial charge in [-0.25, -0.2) is 0 Å². The molecule has 0 aliphatic carbocycles. The van der Waals surface area contributed by atoms with Crippen LogP contribution in [0.5, 0.6) is 17.8 Å². The molecule has 7 heteroatoms. The third-order valence-corrected chi connectivity index (χ3v) is 2.48. The van der Waals surface area contributed by atoms with Crippen molar-refractivity contribution in [2.75, 3.05) is 13.7 Å². The van der Waals surface area contributed by atoms with E-state index in [-0.39, 0.29) is 17.3 Å². The van der Waals surface area contributed by atoms with E-state index < -0.39 is 0 Å². The number of hydrogen-bond acceptors (Lipinski definition) is 6. The molecule has 0 unspecified atom stereocenters. The summed E-state index contributed by atoms with van der Waals surface area (Å²) in [5, 5.41) is 0.0154. The Morgan fingerprint density at radius 2 is 1.79 bits per heavy atom. The fraction of sp³-hybridized carbons (Fsp3) is 0.250. The summed E-state index contributed by atoms with van der Waals surface area (Å²) in [6.45, 7) is 0.612. The zero-order valence-electron chi connectivity index (χ0n) is 10.3. The standard InChI is InChI=1S/C12H13ClN4O2/c1-18-11-15-10(13)16-12(17-11)19-9-4-2-8(3-5-9)6-7-14/h2-5H,6-7,14H2,1H3. The van der Waals surface area contributed by atoms with Crippen LogP contribution in [-0.4, -0.2) is 28.6 Å². The normalized spacial score (nSPS) is 10.3. The molecule has 1 aromatic carbocycles. The second-order valence-corrected chi connectivity index (χ2v) is 4.00. The maximum Gasteiger partial charge on any atom is 0.329 e. The van der Waals surface area contributed by atoms with Gasteiger partial charge in [0.15, 0.2) is 0 Å². The van der Waals surface area contributed by atoms with Gasteiger partial charge in [-0.1, -0.05) is 12.1 Å². The highest BCUT2D eigenvalue weighted by molar-refractivity contribution is 6.28. The molecule has 0 aliphatic rings. The number of nitrogens with zero attached hydrogens (tertiary/aromatic N) is 3. The van der Waals surface area contributed by atoms with Crippen LogP contribution in [0.3, 0.4) is 0 Å². The molecule has 0 amide bonds. The molecule has 2 rings (SSSR count). The molecule has 0 bridgehead atoms. The highest BCUT2D eigenvalue weighted by Crippen LogP contribution is 2.20. The van der Waals surface area contributed by atoms with Crippen LogP contribution in [0.25, 0.3) is 0 Å². The zero-order chi connectivity index (χ0) is 13.7. The van der Waals surface area contributed by atoms with Crippen LogP contribution < -0.4 is 15.2 Å². The summed E-state index contributed by atoms with van der Waals surface area (Å²) in [6, 6.07) is 7.69. The van der Waals surface area contributed by atoms with Crippen molar-refractivity contribution in [2.24, 2.45) is 5.73 Å². The third kappa shape index (κ3) is 3.77. The Hall–Kier alpha value is -1.92. The Morgan fingerprint density at radius 3 is 2.42 bits per heavy atom. The largest absolute Gasteiger partial charge is 0.467 e. The molecule has 2 aromatic rings. The minimum atomic E-state index is 0.0154. The van der Waals surface area contributed by atoms with Crippen molar-refractivity contribution >= 4 is 11.6 Å². The van der Waals surface area contributed by atoms with Crippen molar-refractivity contribution in [3.05, 3.63) is 35.1 Å². The molecule has 0 aliphatic heterocycles. The van der Waals surface area contributed by atoms with Gasteiger partial charge in [-0.15, -0.1) is 4.98 Å². The van der Waals surface area contributed by atoms with Crippen molar-refractivity contribution in [2.45, 2.75) is 6.42 Å². The Kier molecular flexibility index (Phi) is 4.48. The number of benzene rings is 1. The highest BCUT2D eigenvalue weighted by Gasteiger charge is 2.07. The van der Waals surface area contributed by atoms with Crippen molar-refractivity contribution in [3.63, 3.8) is 0 Å². The predicted molar refractivity (Wildman–Crippen MR) is 70.7 cm³/mol. The lowest BCUT2D eigenvalue weighted by atomic mass is 10.1. The molecular weight excluding hydrogens is 268 g/mol. The topological polar surface area (TPSA) is 83.2 Å². The Bertz CT molecular complexity index is 548. The van der Waals surface area contributed by atoms with Gasteiger partial charge in [0.25, 0.3) is 0 Å². The summed E-state index contributed by atoms with van der Waals surface area (Å²) in [4.78, 5) is 11.6. The van der Waals surface area contributed by atoms with Crippen LogP contribution in [0.15, 0.2) is 24.3 Å². The molecule has 0 atom stereocenters. The molecule has 0 saturated heterocycles. The Morgan fingerprint density at radius 1 is 1.11 bits per heavy atom. The van der Waals surface area contributed by atoms with Gasteiger partial charge >= 0.3 is 12.0 Å². The quantitative estimate of drug-likeness (QED) is 0.899. The summed E-state index contributed by atoms with van der Waals surface area (Å²) in [5.74, 6) is 0.602. The highest BCUT2D eigenvalue weighted by atomic mass is 35.5. The maximum atomic E-state index is 5.73. The molecule has 19 heavy (non-hydrogen) atoms. The van der Waals surface area contributed by atoms with Crippen LogP contribution >= 0.6 is 11.6 Å². The fourth-order valence-electron chi connectivity index (χ4n) is 1.45. The van der Waals surface area contributed by atoms with Gasteiger partial charge in [0.1, 0.15) is 5.75 Å². The van der Waals surface area contributed by atoms with E-state index in [0.29, 0.717) is 12.3 Å².